The molecule has 0 aliphatic carbocycles. The molecule has 0 bridgehead atoms. The summed E-state index contributed by atoms with van der Waals surface area (Å²) in [5, 5.41) is 11.1. The summed E-state index contributed by atoms with van der Waals surface area (Å²) in [6, 6.07) is 4.38. The van der Waals surface area contributed by atoms with Gasteiger partial charge < -0.3 is 9.73 Å². The summed E-state index contributed by atoms with van der Waals surface area (Å²) in [6.45, 7) is 6.59. The Kier molecular flexibility index (Phi) is 3.87. The van der Waals surface area contributed by atoms with Gasteiger partial charge in [-0.3, -0.25) is 0 Å². The minimum atomic E-state index is -0.508. The molecule has 0 amide bonds. The van der Waals surface area contributed by atoms with Crippen LogP contribution in [0.2, 0.25) is 5.02 Å². The average molecular weight is 284 g/mol. The van der Waals surface area contributed by atoms with Crippen LogP contribution < -0.4 is 5.32 Å². The summed E-state index contributed by atoms with van der Waals surface area (Å²) in [4.78, 5) is 0. The number of halogens is 2. The lowest BCUT2D eigenvalue weighted by atomic mass is 10.1. The van der Waals surface area contributed by atoms with Gasteiger partial charge in [0, 0.05) is 11.1 Å². The molecule has 19 heavy (non-hydrogen) atoms. The second kappa shape index (κ2) is 5.27. The van der Waals surface area contributed by atoms with Gasteiger partial charge in [-0.15, -0.1) is 10.2 Å². The molecule has 1 aromatic carbocycles. The first kappa shape index (κ1) is 14.0. The zero-order valence-corrected chi connectivity index (χ0v) is 11.8. The molecule has 0 radical (unpaired) electrons. The average Bonchev–Trinajstić information content (AvgIpc) is 2.78. The van der Waals surface area contributed by atoms with Crippen molar-refractivity contribution in [1.29, 1.82) is 0 Å². The second-order valence-corrected chi connectivity index (χ2v) is 5.64. The number of hydrogen-bond donors (Lipinski definition) is 1. The van der Waals surface area contributed by atoms with E-state index in [4.69, 9.17) is 16.0 Å². The van der Waals surface area contributed by atoms with Crippen LogP contribution in [-0.4, -0.2) is 15.7 Å². The quantitative estimate of drug-likeness (QED) is 0.938. The molecule has 0 aliphatic rings. The molecule has 102 valence electrons. The van der Waals surface area contributed by atoms with Gasteiger partial charge in [-0.05, 0) is 39.0 Å². The molecule has 0 spiro atoms. The Morgan fingerprint density at radius 3 is 2.68 bits per heavy atom. The van der Waals surface area contributed by atoms with Gasteiger partial charge in [0.15, 0.2) is 0 Å². The van der Waals surface area contributed by atoms with Crippen LogP contribution in [0.25, 0.3) is 11.5 Å². The molecule has 1 aromatic heterocycles. The normalized spacial score (nSPS) is 11.8. The highest BCUT2D eigenvalue weighted by Crippen LogP contribution is 2.23. The minimum absolute atomic E-state index is 0.0407. The highest BCUT2D eigenvalue weighted by atomic mass is 35.5. The predicted molar refractivity (Wildman–Crippen MR) is 71.3 cm³/mol. The Balaban J connectivity index is 2.14. The predicted octanol–water partition coefficient (Wildman–Crippen LogP) is 3.42. The Bertz CT molecular complexity index is 578. The fraction of sp³-hybridized carbons (Fsp3) is 0.385. The van der Waals surface area contributed by atoms with Crippen LogP contribution in [-0.2, 0) is 6.54 Å². The molecule has 1 N–H and O–H groups in total. The molecule has 2 aromatic rings. The third-order valence-corrected chi connectivity index (χ3v) is 2.71. The fourth-order valence-electron chi connectivity index (χ4n) is 1.41. The van der Waals surface area contributed by atoms with E-state index in [1.54, 1.807) is 6.07 Å². The van der Waals surface area contributed by atoms with Crippen LogP contribution >= 0.6 is 11.6 Å². The zero-order valence-electron chi connectivity index (χ0n) is 11.0. The van der Waals surface area contributed by atoms with E-state index in [0.717, 1.165) is 0 Å². The Labute approximate surface area is 116 Å². The molecule has 0 unspecified atom stereocenters. The van der Waals surface area contributed by atoms with E-state index in [0.29, 0.717) is 18.0 Å². The molecule has 0 saturated carbocycles. The molecular weight excluding hydrogens is 269 g/mol. The maximum absolute atomic E-state index is 13.3. The van der Waals surface area contributed by atoms with Gasteiger partial charge >= 0.3 is 0 Å². The highest BCUT2D eigenvalue weighted by molar-refractivity contribution is 6.30. The van der Waals surface area contributed by atoms with E-state index in [-0.39, 0.29) is 16.5 Å². The van der Waals surface area contributed by atoms with Crippen molar-refractivity contribution in [3.05, 3.63) is 34.9 Å². The maximum Gasteiger partial charge on any atom is 0.247 e. The van der Waals surface area contributed by atoms with Crippen LogP contribution in [0.1, 0.15) is 26.7 Å². The van der Waals surface area contributed by atoms with Crippen molar-refractivity contribution in [2.24, 2.45) is 0 Å². The van der Waals surface area contributed by atoms with Crippen LogP contribution in [0.5, 0.6) is 0 Å². The van der Waals surface area contributed by atoms with Gasteiger partial charge in [-0.25, -0.2) is 4.39 Å². The second-order valence-electron chi connectivity index (χ2n) is 5.23. The van der Waals surface area contributed by atoms with Crippen LogP contribution in [0.3, 0.4) is 0 Å². The summed E-state index contributed by atoms with van der Waals surface area (Å²) < 4.78 is 18.8. The van der Waals surface area contributed by atoms with Gasteiger partial charge in [0.05, 0.1) is 11.6 Å². The summed E-state index contributed by atoms with van der Waals surface area (Å²) in [6.07, 6.45) is 0. The minimum Gasteiger partial charge on any atom is -0.419 e. The molecular formula is C13H15ClFN3O. The lowest BCUT2D eigenvalue weighted by Crippen LogP contribution is -2.35. The highest BCUT2D eigenvalue weighted by Gasteiger charge is 2.13. The monoisotopic (exact) mass is 283 g/mol. The van der Waals surface area contributed by atoms with E-state index < -0.39 is 5.82 Å². The number of nitrogens with one attached hydrogen (secondary N) is 1. The third-order valence-electron chi connectivity index (χ3n) is 2.40. The summed E-state index contributed by atoms with van der Waals surface area (Å²) in [7, 11) is 0. The van der Waals surface area contributed by atoms with E-state index >= 15 is 0 Å². The lowest BCUT2D eigenvalue weighted by molar-refractivity contribution is 0.383. The summed E-state index contributed by atoms with van der Waals surface area (Å²) in [5.74, 6) is 0.230. The van der Waals surface area contributed by atoms with Gasteiger partial charge in [0.1, 0.15) is 5.82 Å². The zero-order chi connectivity index (χ0) is 14.0. The molecule has 2 rings (SSSR count). The molecule has 0 fully saturated rings. The smallest absolute Gasteiger partial charge is 0.247 e. The van der Waals surface area contributed by atoms with E-state index in [9.17, 15) is 4.39 Å². The molecule has 0 aliphatic heterocycles. The van der Waals surface area contributed by atoms with E-state index in [1.165, 1.54) is 12.1 Å². The largest absolute Gasteiger partial charge is 0.419 e. The lowest BCUT2D eigenvalue weighted by Gasteiger charge is -2.18. The van der Waals surface area contributed by atoms with Crippen molar-refractivity contribution >= 4 is 11.6 Å². The number of hydrogen-bond acceptors (Lipinski definition) is 4. The van der Waals surface area contributed by atoms with Crippen LogP contribution in [0, 0.1) is 5.82 Å². The summed E-state index contributed by atoms with van der Waals surface area (Å²) >= 11 is 5.62. The van der Waals surface area contributed by atoms with Crippen LogP contribution in [0.15, 0.2) is 22.6 Å². The molecule has 1 heterocycles. The number of rotatable bonds is 3. The van der Waals surface area contributed by atoms with Gasteiger partial charge in [-0.2, -0.15) is 0 Å². The van der Waals surface area contributed by atoms with Gasteiger partial charge in [-0.1, -0.05) is 11.6 Å². The summed E-state index contributed by atoms with van der Waals surface area (Å²) in [5.41, 5.74) is 0.470. The molecule has 0 saturated heterocycles. The van der Waals surface area contributed by atoms with Gasteiger partial charge in [0.2, 0.25) is 11.8 Å². The Morgan fingerprint density at radius 1 is 1.32 bits per heavy atom. The maximum atomic E-state index is 13.3. The fourth-order valence-corrected chi connectivity index (χ4v) is 1.53. The molecule has 4 nitrogen and oxygen atoms in total. The van der Waals surface area contributed by atoms with Crippen molar-refractivity contribution in [3.63, 3.8) is 0 Å². The molecule has 0 atom stereocenters. The van der Waals surface area contributed by atoms with Crippen molar-refractivity contribution in [1.82, 2.24) is 15.5 Å². The number of aromatic nitrogens is 2. The first-order valence-electron chi connectivity index (χ1n) is 5.88. The van der Waals surface area contributed by atoms with Crippen molar-refractivity contribution in [3.8, 4) is 11.5 Å². The number of nitrogens with zero attached hydrogens (tertiary/aromatic N) is 2. The first-order valence-corrected chi connectivity index (χ1v) is 6.26. The standard InChI is InChI=1S/C13H15ClFN3O/c1-13(2,3)16-7-11-17-18-12(19-11)8-4-5-9(14)10(15)6-8/h4-6,16H,7H2,1-3H3. The third kappa shape index (κ3) is 3.75. The van der Waals surface area contributed by atoms with Crippen molar-refractivity contribution < 1.29 is 8.81 Å². The SMILES string of the molecule is CC(C)(C)NCc1nnc(-c2ccc(Cl)c(F)c2)o1. The van der Waals surface area contributed by atoms with Crippen molar-refractivity contribution in [2.75, 3.05) is 0 Å². The van der Waals surface area contributed by atoms with Gasteiger partial charge in [0.25, 0.3) is 0 Å². The first-order chi connectivity index (χ1) is 8.85. The van der Waals surface area contributed by atoms with Crippen molar-refractivity contribution in [2.45, 2.75) is 32.9 Å². The Hall–Kier alpha value is -1.46. The molecule has 6 heteroatoms. The van der Waals surface area contributed by atoms with E-state index in [2.05, 4.69) is 15.5 Å². The topological polar surface area (TPSA) is 51.0 Å². The Morgan fingerprint density at radius 2 is 2.05 bits per heavy atom. The van der Waals surface area contributed by atoms with E-state index in [1.807, 2.05) is 20.8 Å². The number of benzene rings is 1. The van der Waals surface area contributed by atoms with Crippen LogP contribution in [0.4, 0.5) is 4.39 Å².